The summed E-state index contributed by atoms with van der Waals surface area (Å²) < 4.78 is 0. The number of nitrogens with one attached hydrogen (secondary N) is 1. The summed E-state index contributed by atoms with van der Waals surface area (Å²) in [6, 6.07) is 13.9. The van der Waals surface area contributed by atoms with E-state index in [9.17, 15) is 0 Å². The number of benzene rings is 2. The van der Waals surface area contributed by atoms with Gasteiger partial charge in [-0.2, -0.15) is 0 Å². The van der Waals surface area contributed by atoms with E-state index in [4.69, 9.17) is 0 Å². The summed E-state index contributed by atoms with van der Waals surface area (Å²) >= 11 is 1.95. The van der Waals surface area contributed by atoms with Crippen molar-refractivity contribution < 1.29 is 4.90 Å². The van der Waals surface area contributed by atoms with Gasteiger partial charge in [-0.25, -0.2) is 0 Å². The van der Waals surface area contributed by atoms with E-state index in [0.717, 1.165) is 13.1 Å². The van der Waals surface area contributed by atoms with E-state index < -0.39 is 0 Å². The fourth-order valence-corrected chi connectivity index (χ4v) is 5.42. The minimum absolute atomic E-state index is 1.15. The molecule has 1 aliphatic carbocycles. The molecule has 0 amide bonds. The molecule has 2 aromatic rings. The predicted molar refractivity (Wildman–Crippen MR) is 105 cm³/mol. The molecule has 0 bridgehead atoms. The second-order valence-corrected chi connectivity index (χ2v) is 8.67. The second-order valence-electron chi connectivity index (χ2n) is 7.58. The Kier molecular flexibility index (Phi) is 3.87. The second kappa shape index (κ2) is 6.22. The first kappa shape index (κ1) is 15.5. The van der Waals surface area contributed by atoms with Crippen LogP contribution in [-0.4, -0.2) is 38.1 Å². The molecule has 0 saturated carbocycles. The fourth-order valence-electron chi connectivity index (χ4n) is 4.31. The Morgan fingerprint density at radius 2 is 1.72 bits per heavy atom. The third-order valence-electron chi connectivity index (χ3n) is 5.86. The molecule has 2 aliphatic heterocycles. The zero-order valence-corrected chi connectivity index (χ0v) is 15.7. The van der Waals surface area contributed by atoms with Gasteiger partial charge in [-0.3, -0.25) is 0 Å². The molecule has 3 heteroatoms. The third-order valence-corrected chi connectivity index (χ3v) is 7.01. The van der Waals surface area contributed by atoms with Gasteiger partial charge in [-0.1, -0.05) is 30.0 Å². The van der Waals surface area contributed by atoms with Crippen LogP contribution >= 0.6 is 11.8 Å². The third kappa shape index (κ3) is 2.80. The molecule has 1 saturated heterocycles. The smallest absolute Gasteiger partial charge is 0.0947 e. The van der Waals surface area contributed by atoms with E-state index in [1.807, 2.05) is 11.8 Å². The Morgan fingerprint density at radius 3 is 2.56 bits per heavy atom. The number of rotatable bonds is 1. The first-order valence-electron chi connectivity index (χ1n) is 9.49. The van der Waals surface area contributed by atoms with Gasteiger partial charge in [-0.15, -0.1) is 0 Å². The molecule has 25 heavy (non-hydrogen) atoms. The summed E-state index contributed by atoms with van der Waals surface area (Å²) in [5.74, 6) is 0. The van der Waals surface area contributed by atoms with Crippen LogP contribution in [0.25, 0.3) is 11.8 Å². The highest BCUT2D eigenvalue weighted by molar-refractivity contribution is 7.99. The maximum Gasteiger partial charge on any atom is 0.0947 e. The Bertz CT molecular complexity index is 847. The lowest BCUT2D eigenvalue weighted by atomic mass is 10.0. The van der Waals surface area contributed by atoms with Gasteiger partial charge in [0.15, 0.2) is 0 Å². The zero-order valence-electron chi connectivity index (χ0n) is 14.8. The van der Waals surface area contributed by atoms with Crippen LogP contribution in [0.1, 0.15) is 28.7 Å². The van der Waals surface area contributed by atoms with Crippen molar-refractivity contribution in [3.05, 3.63) is 58.7 Å². The first-order valence-corrected chi connectivity index (χ1v) is 10.3. The van der Waals surface area contributed by atoms with E-state index in [0.29, 0.717) is 0 Å². The maximum absolute atomic E-state index is 2.62. The number of nitrogens with zero attached hydrogens (tertiary/aromatic N) is 1. The molecular weight excluding hydrogens is 324 g/mol. The molecule has 0 aromatic heterocycles. The van der Waals surface area contributed by atoms with Crippen LogP contribution in [0.5, 0.6) is 0 Å². The molecule has 0 unspecified atom stereocenters. The minimum atomic E-state index is 1.15. The van der Waals surface area contributed by atoms with Gasteiger partial charge in [0.25, 0.3) is 0 Å². The van der Waals surface area contributed by atoms with E-state index in [1.54, 1.807) is 16.0 Å². The van der Waals surface area contributed by atoms with Gasteiger partial charge in [0.2, 0.25) is 0 Å². The topological polar surface area (TPSA) is 7.68 Å². The summed E-state index contributed by atoms with van der Waals surface area (Å²) in [4.78, 5) is 7.10. The molecule has 2 aromatic carbocycles. The molecule has 128 valence electrons. The van der Waals surface area contributed by atoms with Crippen LogP contribution in [0, 0.1) is 0 Å². The van der Waals surface area contributed by atoms with Crippen molar-refractivity contribution in [1.82, 2.24) is 4.90 Å². The molecule has 2 nitrogen and oxygen atoms in total. The van der Waals surface area contributed by atoms with Crippen LogP contribution in [0.3, 0.4) is 0 Å². The number of quaternary nitrogens is 1. The lowest BCUT2D eigenvalue weighted by Crippen LogP contribution is -3.11. The molecule has 1 fully saturated rings. The normalized spacial score (nSPS) is 19.7. The average Bonchev–Trinajstić information content (AvgIpc) is 3.02. The van der Waals surface area contributed by atoms with E-state index in [-0.39, 0.29) is 0 Å². The Hall–Kier alpha value is -1.71. The lowest BCUT2D eigenvalue weighted by Gasteiger charge is -2.34. The van der Waals surface area contributed by atoms with E-state index in [2.05, 4.69) is 54.4 Å². The molecule has 1 N–H and O–H groups in total. The number of hydrogen-bond acceptors (Lipinski definition) is 2. The highest BCUT2D eigenvalue weighted by atomic mass is 32.2. The highest BCUT2D eigenvalue weighted by Gasteiger charge is 2.26. The highest BCUT2D eigenvalue weighted by Crippen LogP contribution is 2.43. The summed E-state index contributed by atoms with van der Waals surface area (Å²) in [6.07, 6.45) is 6.26. The molecule has 3 aliphatic rings. The monoisotopic (exact) mass is 349 g/mol. The summed E-state index contributed by atoms with van der Waals surface area (Å²) in [7, 11) is 2.31. The SMILES string of the molecule is C[NH+]1CCN(C2=Cc3ccccc3Sc3cc4c(cc32)CCC4)CC1. The van der Waals surface area contributed by atoms with Crippen LogP contribution in [0.4, 0.5) is 0 Å². The number of piperazine rings is 1. The fraction of sp³-hybridized carbons (Fsp3) is 0.364. The summed E-state index contributed by atoms with van der Waals surface area (Å²) in [6.45, 7) is 4.76. The Labute approximate surface area is 154 Å². The van der Waals surface area contributed by atoms with Crippen molar-refractivity contribution in [3.8, 4) is 0 Å². The Balaban J connectivity index is 1.66. The molecule has 5 rings (SSSR count). The van der Waals surface area contributed by atoms with Gasteiger partial charge in [-0.05, 0) is 60.2 Å². The van der Waals surface area contributed by atoms with Crippen LogP contribution < -0.4 is 4.90 Å². The van der Waals surface area contributed by atoms with Crippen LogP contribution in [-0.2, 0) is 12.8 Å². The molecule has 0 atom stereocenters. The number of hydrogen-bond donors (Lipinski definition) is 1. The zero-order chi connectivity index (χ0) is 16.8. The molecular formula is C22H25N2S+. The number of aryl methyl sites for hydroxylation is 2. The van der Waals surface area contributed by atoms with Crippen LogP contribution in [0.15, 0.2) is 46.2 Å². The standard InChI is InChI=1S/C22H24N2S/c1-23-9-11-24(12-10-23)20-14-18-5-2-3-8-21(18)25-22-15-17-7-4-6-16(17)13-19(20)22/h2-3,5,8,13-15H,4,6-7,9-12H2,1H3/p+1. The van der Waals surface area contributed by atoms with Crippen molar-refractivity contribution in [1.29, 1.82) is 0 Å². The average molecular weight is 350 g/mol. The quantitative estimate of drug-likeness (QED) is 0.846. The van der Waals surface area contributed by atoms with Gasteiger partial charge >= 0.3 is 0 Å². The van der Waals surface area contributed by atoms with Crippen molar-refractivity contribution in [2.24, 2.45) is 0 Å². The van der Waals surface area contributed by atoms with E-state index >= 15 is 0 Å². The largest absolute Gasteiger partial charge is 0.360 e. The van der Waals surface area contributed by atoms with Crippen LogP contribution in [0.2, 0.25) is 0 Å². The Morgan fingerprint density at radius 1 is 0.960 bits per heavy atom. The van der Waals surface area contributed by atoms with Gasteiger partial charge in [0.1, 0.15) is 0 Å². The molecule has 0 radical (unpaired) electrons. The number of likely N-dealkylation sites (N-methyl/N-ethyl adjacent to an activating group) is 1. The maximum atomic E-state index is 2.62. The van der Waals surface area contributed by atoms with Crippen molar-refractivity contribution in [2.75, 3.05) is 33.2 Å². The van der Waals surface area contributed by atoms with E-state index in [1.165, 1.54) is 59.0 Å². The van der Waals surface area contributed by atoms with Crippen molar-refractivity contribution in [3.63, 3.8) is 0 Å². The number of fused-ring (bicyclic) bond motifs is 3. The van der Waals surface area contributed by atoms with Gasteiger partial charge in [0.05, 0.1) is 33.2 Å². The minimum Gasteiger partial charge on any atom is -0.360 e. The molecule has 0 spiro atoms. The predicted octanol–water partition coefficient (Wildman–Crippen LogP) is 2.97. The molecule has 2 heterocycles. The summed E-state index contributed by atoms with van der Waals surface area (Å²) in [5.41, 5.74) is 7.42. The lowest BCUT2D eigenvalue weighted by molar-refractivity contribution is -0.883. The van der Waals surface area contributed by atoms with Crippen molar-refractivity contribution >= 4 is 23.5 Å². The van der Waals surface area contributed by atoms with Gasteiger partial charge < -0.3 is 9.80 Å². The van der Waals surface area contributed by atoms with Crippen molar-refractivity contribution in [2.45, 2.75) is 29.1 Å². The first-order chi connectivity index (χ1) is 12.3. The van der Waals surface area contributed by atoms with Gasteiger partial charge in [0, 0.05) is 21.1 Å². The summed E-state index contributed by atoms with van der Waals surface area (Å²) in [5, 5.41) is 0.